The van der Waals surface area contributed by atoms with Crippen LogP contribution in [0.25, 0.3) is 5.69 Å². The molecule has 0 atom stereocenters. The summed E-state index contributed by atoms with van der Waals surface area (Å²) >= 11 is 0. The van der Waals surface area contributed by atoms with Gasteiger partial charge in [-0.3, -0.25) is 4.79 Å². The number of hydrogen-bond acceptors (Lipinski definition) is 4. The van der Waals surface area contributed by atoms with Gasteiger partial charge >= 0.3 is 0 Å². The lowest BCUT2D eigenvalue weighted by atomic mass is 10.2. The lowest BCUT2D eigenvalue weighted by Crippen LogP contribution is -2.18. The van der Waals surface area contributed by atoms with E-state index in [0.717, 1.165) is 0 Å². The molecule has 0 bridgehead atoms. The smallest absolute Gasteiger partial charge is 0.271 e. The molecule has 2 rings (SSSR count). The lowest BCUT2D eigenvalue weighted by molar-refractivity contribution is 0.0958. The fourth-order valence-corrected chi connectivity index (χ4v) is 1.51. The molecule has 0 saturated carbocycles. The summed E-state index contributed by atoms with van der Waals surface area (Å²) in [6.07, 6.45) is 1.66. The van der Waals surface area contributed by atoms with Crippen LogP contribution >= 0.6 is 0 Å². The molecule has 0 fully saturated rings. The van der Waals surface area contributed by atoms with Crippen LogP contribution in [0, 0.1) is 11.3 Å². The zero-order valence-electron chi connectivity index (χ0n) is 9.71. The van der Waals surface area contributed by atoms with Crippen LogP contribution in [0.5, 0.6) is 0 Å². The third-order valence-corrected chi connectivity index (χ3v) is 2.47. The normalized spacial score (nSPS) is 9.78. The van der Waals surface area contributed by atoms with E-state index in [-0.39, 0.29) is 5.91 Å². The first-order chi connectivity index (χ1) is 8.65. The van der Waals surface area contributed by atoms with E-state index < -0.39 is 0 Å². The number of nitrogens with zero attached hydrogens (tertiary/aromatic N) is 3. The number of amides is 1. The molecule has 0 aliphatic rings. The fraction of sp³-hybridized carbons (Fsp3) is 0.0833. The molecule has 1 aromatic heterocycles. The molecule has 18 heavy (non-hydrogen) atoms. The molecule has 3 N–H and O–H groups in total. The van der Waals surface area contributed by atoms with Crippen LogP contribution in [0.2, 0.25) is 0 Å². The van der Waals surface area contributed by atoms with E-state index in [1.165, 1.54) is 4.68 Å². The van der Waals surface area contributed by atoms with Crippen LogP contribution < -0.4 is 11.1 Å². The van der Waals surface area contributed by atoms with Crippen molar-refractivity contribution < 1.29 is 4.79 Å². The Balaban J connectivity index is 2.38. The van der Waals surface area contributed by atoms with Gasteiger partial charge in [0.15, 0.2) is 5.69 Å². The summed E-state index contributed by atoms with van der Waals surface area (Å²) < 4.78 is 1.53. The highest BCUT2D eigenvalue weighted by Crippen LogP contribution is 2.16. The Morgan fingerprint density at radius 2 is 2.28 bits per heavy atom. The molecule has 0 spiro atoms. The molecule has 0 aliphatic carbocycles. The van der Waals surface area contributed by atoms with Crippen LogP contribution in [0.1, 0.15) is 16.1 Å². The maximum Gasteiger partial charge on any atom is 0.271 e. The minimum atomic E-state index is -0.254. The monoisotopic (exact) mass is 241 g/mol. The van der Waals surface area contributed by atoms with Gasteiger partial charge < -0.3 is 11.1 Å². The van der Waals surface area contributed by atoms with Crippen LogP contribution in [-0.2, 0) is 0 Å². The highest BCUT2D eigenvalue weighted by Gasteiger charge is 2.08. The van der Waals surface area contributed by atoms with Gasteiger partial charge in [0.2, 0.25) is 0 Å². The van der Waals surface area contributed by atoms with Gasteiger partial charge in [-0.1, -0.05) is 0 Å². The summed E-state index contributed by atoms with van der Waals surface area (Å²) in [6, 6.07) is 8.56. The van der Waals surface area contributed by atoms with Gasteiger partial charge in [0.05, 0.1) is 16.9 Å². The van der Waals surface area contributed by atoms with Crippen molar-refractivity contribution in [3.05, 3.63) is 41.7 Å². The first-order valence-corrected chi connectivity index (χ1v) is 5.23. The van der Waals surface area contributed by atoms with Gasteiger partial charge in [-0.2, -0.15) is 10.4 Å². The van der Waals surface area contributed by atoms with Gasteiger partial charge in [-0.05, 0) is 24.3 Å². The lowest BCUT2D eigenvalue weighted by Gasteiger charge is -2.03. The fourth-order valence-electron chi connectivity index (χ4n) is 1.51. The predicted octanol–water partition coefficient (Wildman–Crippen LogP) is 0.686. The molecule has 1 heterocycles. The van der Waals surface area contributed by atoms with E-state index in [0.29, 0.717) is 22.6 Å². The number of nitriles is 1. The van der Waals surface area contributed by atoms with E-state index in [9.17, 15) is 4.79 Å². The number of rotatable bonds is 2. The molecular weight excluding hydrogens is 230 g/mol. The second-order valence-electron chi connectivity index (χ2n) is 3.61. The van der Waals surface area contributed by atoms with Crippen molar-refractivity contribution >= 4 is 11.6 Å². The largest absolute Gasteiger partial charge is 0.398 e. The number of carbonyl (C=O) groups excluding carboxylic acids is 1. The average molecular weight is 241 g/mol. The number of carbonyl (C=O) groups is 1. The highest BCUT2D eigenvalue weighted by molar-refractivity contribution is 5.91. The maximum atomic E-state index is 11.4. The summed E-state index contributed by atoms with van der Waals surface area (Å²) in [5.41, 5.74) is 7.53. The van der Waals surface area contributed by atoms with Gasteiger partial charge in [-0.25, -0.2) is 4.68 Å². The number of nitrogens with one attached hydrogen (secondary N) is 1. The summed E-state index contributed by atoms with van der Waals surface area (Å²) in [5.74, 6) is -0.254. The van der Waals surface area contributed by atoms with Crippen molar-refractivity contribution in [3.63, 3.8) is 0 Å². The van der Waals surface area contributed by atoms with Crippen LogP contribution in [0.4, 0.5) is 5.69 Å². The van der Waals surface area contributed by atoms with Crippen LogP contribution in [-0.4, -0.2) is 22.7 Å². The van der Waals surface area contributed by atoms with Crippen molar-refractivity contribution in [1.29, 1.82) is 5.26 Å². The van der Waals surface area contributed by atoms with E-state index in [1.54, 1.807) is 37.5 Å². The van der Waals surface area contributed by atoms with Crippen molar-refractivity contribution in [2.75, 3.05) is 12.8 Å². The Labute approximate surface area is 104 Å². The van der Waals surface area contributed by atoms with Gasteiger partial charge in [0.25, 0.3) is 5.91 Å². The Bertz CT molecular complexity index is 638. The predicted molar refractivity (Wildman–Crippen MR) is 66.1 cm³/mol. The Morgan fingerprint density at radius 1 is 1.50 bits per heavy atom. The summed E-state index contributed by atoms with van der Waals surface area (Å²) in [5, 5.41) is 15.4. The molecule has 0 saturated heterocycles. The van der Waals surface area contributed by atoms with E-state index >= 15 is 0 Å². The molecule has 6 heteroatoms. The van der Waals surface area contributed by atoms with Gasteiger partial charge in [0.1, 0.15) is 6.07 Å². The second kappa shape index (κ2) is 4.59. The Morgan fingerprint density at radius 3 is 2.89 bits per heavy atom. The minimum absolute atomic E-state index is 0.254. The van der Waals surface area contributed by atoms with Gasteiger partial charge in [-0.15, -0.1) is 0 Å². The number of nitrogen functional groups attached to an aromatic ring is 1. The number of aromatic nitrogens is 2. The third-order valence-electron chi connectivity index (χ3n) is 2.47. The molecule has 1 aromatic carbocycles. The van der Waals surface area contributed by atoms with E-state index in [4.69, 9.17) is 11.0 Å². The SMILES string of the molecule is CNC(=O)c1ccn(-c2ccc(C#N)c(N)c2)n1. The van der Waals surface area contributed by atoms with Crippen LogP contribution in [0.15, 0.2) is 30.5 Å². The standard InChI is InChI=1S/C12H11N5O/c1-15-12(18)11-4-5-17(16-11)9-3-2-8(7-13)10(14)6-9/h2-6H,14H2,1H3,(H,15,18). The molecule has 2 aromatic rings. The van der Waals surface area contributed by atoms with E-state index in [2.05, 4.69) is 10.4 Å². The van der Waals surface area contributed by atoms with Crippen LogP contribution in [0.3, 0.4) is 0 Å². The highest BCUT2D eigenvalue weighted by atomic mass is 16.1. The van der Waals surface area contributed by atoms with Crippen molar-refractivity contribution in [2.45, 2.75) is 0 Å². The summed E-state index contributed by atoms with van der Waals surface area (Å²) in [6.45, 7) is 0. The average Bonchev–Trinajstić information content (AvgIpc) is 2.87. The zero-order chi connectivity index (χ0) is 13.1. The molecule has 6 nitrogen and oxygen atoms in total. The number of benzene rings is 1. The maximum absolute atomic E-state index is 11.4. The summed E-state index contributed by atoms with van der Waals surface area (Å²) in [7, 11) is 1.54. The van der Waals surface area contributed by atoms with Crippen molar-refractivity contribution in [2.24, 2.45) is 0 Å². The Hall–Kier alpha value is -2.81. The molecule has 90 valence electrons. The van der Waals surface area contributed by atoms with Gasteiger partial charge in [0, 0.05) is 13.2 Å². The van der Waals surface area contributed by atoms with Crippen molar-refractivity contribution in [3.8, 4) is 11.8 Å². The topological polar surface area (TPSA) is 96.7 Å². The third kappa shape index (κ3) is 2.01. The molecule has 0 radical (unpaired) electrons. The number of nitrogens with two attached hydrogens (primary N) is 1. The minimum Gasteiger partial charge on any atom is -0.398 e. The summed E-state index contributed by atoms with van der Waals surface area (Å²) in [4.78, 5) is 11.4. The Kier molecular flexibility index (Phi) is 2.98. The first-order valence-electron chi connectivity index (χ1n) is 5.23. The number of hydrogen-bond donors (Lipinski definition) is 2. The molecular formula is C12H11N5O. The quantitative estimate of drug-likeness (QED) is 0.756. The van der Waals surface area contributed by atoms with E-state index in [1.807, 2.05) is 6.07 Å². The first kappa shape index (κ1) is 11.7. The molecule has 0 unspecified atom stereocenters. The molecule has 1 amide bonds. The molecule has 0 aliphatic heterocycles. The zero-order valence-corrected chi connectivity index (χ0v) is 9.71. The van der Waals surface area contributed by atoms with Crippen molar-refractivity contribution in [1.82, 2.24) is 15.1 Å². The number of anilines is 1. The second-order valence-corrected chi connectivity index (χ2v) is 3.61.